The van der Waals surface area contributed by atoms with Crippen molar-refractivity contribution in [3.63, 3.8) is 0 Å². The van der Waals surface area contributed by atoms with Crippen LogP contribution in [-0.4, -0.2) is 28.8 Å². The van der Waals surface area contributed by atoms with E-state index in [-0.39, 0.29) is 17.8 Å². The Labute approximate surface area is 114 Å². The second kappa shape index (κ2) is 6.80. The van der Waals surface area contributed by atoms with Crippen molar-refractivity contribution in [1.82, 2.24) is 5.32 Å². The molecule has 0 radical (unpaired) electrons. The van der Waals surface area contributed by atoms with E-state index in [9.17, 15) is 15.0 Å². The zero-order valence-corrected chi connectivity index (χ0v) is 11.8. The molecule has 0 aromatic heterocycles. The lowest BCUT2D eigenvalue weighted by Crippen LogP contribution is -2.26. The van der Waals surface area contributed by atoms with Gasteiger partial charge in [0.2, 0.25) is 0 Å². The maximum atomic E-state index is 11.7. The Kier molecular flexibility index (Phi) is 5.70. The van der Waals surface area contributed by atoms with Crippen LogP contribution in [0.25, 0.3) is 0 Å². The number of carbonyl (C=O) groups is 1. The number of phenolic OH excluding ortho intramolecular Hbond substituents is 1. The maximum Gasteiger partial charge on any atom is 0.251 e. The van der Waals surface area contributed by atoms with Gasteiger partial charge >= 0.3 is 0 Å². The third kappa shape index (κ3) is 4.51. The summed E-state index contributed by atoms with van der Waals surface area (Å²) in [5.41, 5.74) is 0.425. The quantitative estimate of drug-likeness (QED) is 0.711. The smallest absolute Gasteiger partial charge is 0.251 e. The largest absolute Gasteiger partial charge is 0.507 e. The van der Waals surface area contributed by atoms with Crippen LogP contribution in [0.15, 0.2) is 18.2 Å². The molecule has 0 saturated heterocycles. The van der Waals surface area contributed by atoms with Crippen molar-refractivity contribution in [3.05, 3.63) is 27.3 Å². The molecular formula is C12H16INO3. The van der Waals surface area contributed by atoms with Gasteiger partial charge in [0.25, 0.3) is 5.91 Å². The van der Waals surface area contributed by atoms with E-state index in [1.54, 1.807) is 12.1 Å². The fourth-order valence-electron chi connectivity index (χ4n) is 1.31. The number of aromatic hydroxyl groups is 1. The zero-order chi connectivity index (χ0) is 12.8. The molecule has 17 heavy (non-hydrogen) atoms. The highest BCUT2D eigenvalue weighted by Crippen LogP contribution is 2.20. The first-order valence-corrected chi connectivity index (χ1v) is 6.57. The SMILES string of the molecule is CCC(O)CCNC(=O)c1ccc(I)c(O)c1. The number of aliphatic hydroxyl groups is 1. The molecule has 0 spiro atoms. The Morgan fingerprint density at radius 2 is 2.24 bits per heavy atom. The zero-order valence-electron chi connectivity index (χ0n) is 9.61. The number of carbonyl (C=O) groups excluding carboxylic acids is 1. The highest BCUT2D eigenvalue weighted by atomic mass is 127. The third-order valence-corrected chi connectivity index (χ3v) is 3.35. The summed E-state index contributed by atoms with van der Waals surface area (Å²) in [4.78, 5) is 11.7. The summed E-state index contributed by atoms with van der Waals surface area (Å²) in [6.45, 7) is 2.32. The third-order valence-electron chi connectivity index (χ3n) is 2.44. The summed E-state index contributed by atoms with van der Waals surface area (Å²) in [6.07, 6.45) is 0.846. The monoisotopic (exact) mass is 349 g/mol. The van der Waals surface area contributed by atoms with Crippen molar-refractivity contribution in [2.24, 2.45) is 0 Å². The first-order chi connectivity index (χ1) is 8.04. The van der Waals surface area contributed by atoms with E-state index in [1.807, 2.05) is 29.5 Å². The van der Waals surface area contributed by atoms with Crippen LogP contribution in [0.5, 0.6) is 5.75 Å². The second-order valence-electron chi connectivity index (χ2n) is 3.77. The summed E-state index contributed by atoms with van der Waals surface area (Å²) < 4.78 is 0.709. The Hall–Kier alpha value is -0.820. The van der Waals surface area contributed by atoms with Gasteiger partial charge in [-0.1, -0.05) is 6.92 Å². The number of hydrogen-bond acceptors (Lipinski definition) is 3. The number of hydrogen-bond donors (Lipinski definition) is 3. The lowest BCUT2D eigenvalue weighted by Gasteiger charge is -2.09. The fraction of sp³-hybridized carbons (Fsp3) is 0.417. The number of aliphatic hydroxyl groups excluding tert-OH is 1. The van der Waals surface area contributed by atoms with Crippen molar-refractivity contribution in [2.75, 3.05) is 6.54 Å². The molecule has 1 aromatic carbocycles. The predicted octanol–water partition coefficient (Wildman–Crippen LogP) is 1.89. The normalized spacial score (nSPS) is 12.2. The number of halogens is 1. The van der Waals surface area contributed by atoms with Gasteiger partial charge in [0.1, 0.15) is 5.75 Å². The second-order valence-corrected chi connectivity index (χ2v) is 4.94. The van der Waals surface area contributed by atoms with Gasteiger partial charge in [-0.3, -0.25) is 4.79 Å². The number of amides is 1. The molecule has 0 saturated carbocycles. The van der Waals surface area contributed by atoms with Crippen LogP contribution >= 0.6 is 22.6 Å². The van der Waals surface area contributed by atoms with Gasteiger partial charge in [-0.15, -0.1) is 0 Å². The van der Waals surface area contributed by atoms with Crippen LogP contribution in [0.3, 0.4) is 0 Å². The van der Waals surface area contributed by atoms with E-state index >= 15 is 0 Å². The Bertz CT molecular complexity index is 395. The van der Waals surface area contributed by atoms with Gasteiger partial charge in [0, 0.05) is 12.1 Å². The van der Waals surface area contributed by atoms with E-state index in [4.69, 9.17) is 0 Å². The lowest BCUT2D eigenvalue weighted by atomic mass is 10.2. The van der Waals surface area contributed by atoms with Gasteiger partial charge in [-0.05, 0) is 53.6 Å². The lowest BCUT2D eigenvalue weighted by molar-refractivity contribution is 0.0941. The van der Waals surface area contributed by atoms with Crippen LogP contribution in [0.1, 0.15) is 30.1 Å². The minimum atomic E-state index is -0.375. The molecule has 1 aromatic rings. The summed E-state index contributed by atoms with van der Waals surface area (Å²) in [5.74, 6) is -0.133. The molecule has 0 aliphatic heterocycles. The molecule has 3 N–H and O–H groups in total. The van der Waals surface area contributed by atoms with E-state index in [0.29, 0.717) is 28.5 Å². The first kappa shape index (κ1) is 14.2. The number of nitrogens with one attached hydrogen (secondary N) is 1. The van der Waals surface area contributed by atoms with Gasteiger partial charge in [0.15, 0.2) is 0 Å². The van der Waals surface area contributed by atoms with Crippen LogP contribution < -0.4 is 5.32 Å². The summed E-state index contributed by atoms with van der Waals surface area (Å²) in [5, 5.41) is 21.5. The standard InChI is InChI=1S/C12H16INO3/c1-2-9(15)5-6-14-12(17)8-3-4-10(13)11(16)7-8/h3-4,7,9,15-16H,2,5-6H2,1H3,(H,14,17). The fourth-order valence-corrected chi connectivity index (χ4v) is 1.65. The molecule has 0 aliphatic rings. The molecule has 0 aliphatic carbocycles. The molecule has 4 nitrogen and oxygen atoms in total. The van der Waals surface area contributed by atoms with E-state index < -0.39 is 0 Å². The Morgan fingerprint density at radius 3 is 2.82 bits per heavy atom. The number of phenols is 1. The van der Waals surface area contributed by atoms with Crippen LogP contribution in [0.2, 0.25) is 0 Å². The van der Waals surface area contributed by atoms with Gasteiger partial charge in [-0.25, -0.2) is 0 Å². The minimum Gasteiger partial charge on any atom is -0.507 e. The molecule has 0 bridgehead atoms. The van der Waals surface area contributed by atoms with Crippen molar-refractivity contribution in [2.45, 2.75) is 25.9 Å². The molecule has 94 valence electrons. The summed E-state index contributed by atoms with van der Waals surface area (Å²) in [6, 6.07) is 4.78. The molecule has 1 atom stereocenters. The van der Waals surface area contributed by atoms with Crippen LogP contribution in [0.4, 0.5) is 0 Å². The Balaban J connectivity index is 2.50. The number of benzene rings is 1. The highest BCUT2D eigenvalue weighted by Gasteiger charge is 2.08. The maximum absolute atomic E-state index is 11.7. The molecule has 5 heteroatoms. The summed E-state index contributed by atoms with van der Waals surface area (Å²) >= 11 is 1.99. The van der Waals surface area contributed by atoms with Crippen molar-refractivity contribution < 1.29 is 15.0 Å². The topological polar surface area (TPSA) is 69.6 Å². The van der Waals surface area contributed by atoms with E-state index in [0.717, 1.165) is 0 Å². The average molecular weight is 349 g/mol. The van der Waals surface area contributed by atoms with Gasteiger partial charge in [-0.2, -0.15) is 0 Å². The highest BCUT2D eigenvalue weighted by molar-refractivity contribution is 14.1. The van der Waals surface area contributed by atoms with E-state index in [1.165, 1.54) is 6.07 Å². The predicted molar refractivity (Wildman–Crippen MR) is 74.1 cm³/mol. The molecule has 1 unspecified atom stereocenters. The molecule has 1 rings (SSSR count). The van der Waals surface area contributed by atoms with Gasteiger partial charge in [0.05, 0.1) is 9.67 Å². The molecular weight excluding hydrogens is 333 g/mol. The van der Waals surface area contributed by atoms with E-state index in [2.05, 4.69) is 5.32 Å². The molecule has 0 heterocycles. The minimum absolute atomic E-state index is 0.104. The Morgan fingerprint density at radius 1 is 1.53 bits per heavy atom. The average Bonchev–Trinajstić information content (AvgIpc) is 2.32. The first-order valence-electron chi connectivity index (χ1n) is 5.49. The molecule has 0 fully saturated rings. The summed E-state index contributed by atoms with van der Waals surface area (Å²) in [7, 11) is 0. The van der Waals surface area contributed by atoms with Crippen LogP contribution in [0, 0.1) is 3.57 Å². The molecule has 1 amide bonds. The van der Waals surface area contributed by atoms with Crippen molar-refractivity contribution >= 4 is 28.5 Å². The number of rotatable bonds is 5. The van der Waals surface area contributed by atoms with Crippen molar-refractivity contribution in [3.8, 4) is 5.75 Å². The van der Waals surface area contributed by atoms with Crippen LogP contribution in [-0.2, 0) is 0 Å². The van der Waals surface area contributed by atoms with Gasteiger partial charge < -0.3 is 15.5 Å². The van der Waals surface area contributed by atoms with Crippen molar-refractivity contribution in [1.29, 1.82) is 0 Å².